The molecule has 2 aromatic carbocycles. The number of aryl methyl sites for hydroxylation is 1. The largest absolute Gasteiger partial charge is 0.492 e. The van der Waals surface area contributed by atoms with E-state index < -0.39 is 0 Å². The van der Waals surface area contributed by atoms with Crippen molar-refractivity contribution in [1.82, 2.24) is 0 Å². The first kappa shape index (κ1) is 18.1. The van der Waals surface area contributed by atoms with E-state index in [4.69, 9.17) is 33.2 Å². The number of benzene rings is 2. The van der Waals surface area contributed by atoms with Gasteiger partial charge in [-0.05, 0) is 43.2 Å². The molecule has 0 saturated carbocycles. The molecule has 0 fully saturated rings. The van der Waals surface area contributed by atoms with Crippen molar-refractivity contribution in [2.24, 2.45) is 0 Å². The van der Waals surface area contributed by atoms with Crippen LogP contribution in [0.2, 0.25) is 10.0 Å². The van der Waals surface area contributed by atoms with Crippen molar-refractivity contribution in [2.75, 3.05) is 11.9 Å². The van der Waals surface area contributed by atoms with Crippen LogP contribution in [0.3, 0.4) is 0 Å². The molecule has 124 valence electrons. The van der Waals surface area contributed by atoms with Crippen molar-refractivity contribution < 1.29 is 9.53 Å². The Kier molecular flexibility index (Phi) is 6.48. The number of anilines is 1. The van der Waals surface area contributed by atoms with Gasteiger partial charge in [-0.15, -0.1) is 0 Å². The van der Waals surface area contributed by atoms with Crippen LogP contribution in [0.4, 0.5) is 5.69 Å². The van der Waals surface area contributed by atoms with Crippen LogP contribution in [-0.4, -0.2) is 12.5 Å². The Labute approximate surface area is 151 Å². The Morgan fingerprint density at radius 3 is 2.79 bits per heavy atom. The molecule has 0 aliphatic heterocycles. The number of nitrogens with one attached hydrogen (secondary N) is 1. The van der Waals surface area contributed by atoms with Crippen molar-refractivity contribution >= 4 is 34.8 Å². The molecule has 0 atom stereocenters. The highest BCUT2D eigenvalue weighted by atomic mass is 35.5. The van der Waals surface area contributed by atoms with Crippen LogP contribution >= 0.6 is 23.2 Å². The van der Waals surface area contributed by atoms with Crippen LogP contribution in [0.5, 0.6) is 5.75 Å². The fourth-order valence-electron chi connectivity index (χ4n) is 2.18. The number of carbonyl (C=O) groups excluding carboxylic acids is 1. The Morgan fingerprint density at radius 2 is 2.08 bits per heavy atom. The first-order valence-corrected chi connectivity index (χ1v) is 8.20. The number of hydrogen-bond donors (Lipinski definition) is 1. The summed E-state index contributed by atoms with van der Waals surface area (Å²) < 4.78 is 5.47. The van der Waals surface area contributed by atoms with E-state index >= 15 is 0 Å². The molecule has 6 heteroatoms. The second kappa shape index (κ2) is 8.58. The summed E-state index contributed by atoms with van der Waals surface area (Å²) in [4.78, 5) is 12.2. The molecular weight excluding hydrogens is 347 g/mol. The van der Waals surface area contributed by atoms with E-state index in [1.54, 1.807) is 30.3 Å². The summed E-state index contributed by atoms with van der Waals surface area (Å²) in [6.45, 7) is 2.32. The maximum absolute atomic E-state index is 12.2. The number of halogens is 2. The van der Waals surface area contributed by atoms with Gasteiger partial charge in [0, 0.05) is 6.42 Å². The molecule has 0 radical (unpaired) electrons. The highest BCUT2D eigenvalue weighted by Crippen LogP contribution is 2.28. The second-order valence-electron chi connectivity index (χ2n) is 5.02. The molecule has 0 aliphatic rings. The van der Waals surface area contributed by atoms with Gasteiger partial charge in [-0.25, -0.2) is 0 Å². The molecule has 24 heavy (non-hydrogen) atoms. The maximum atomic E-state index is 12.2. The lowest BCUT2D eigenvalue weighted by molar-refractivity contribution is -0.116. The van der Waals surface area contributed by atoms with Crippen molar-refractivity contribution in [3.8, 4) is 11.8 Å². The normalized spacial score (nSPS) is 10.1. The molecule has 0 bridgehead atoms. The van der Waals surface area contributed by atoms with Crippen LogP contribution in [0.1, 0.15) is 24.5 Å². The minimum Gasteiger partial charge on any atom is -0.492 e. The Balaban J connectivity index is 2.07. The fraction of sp³-hybridized carbons (Fsp3) is 0.222. The van der Waals surface area contributed by atoms with E-state index in [0.29, 0.717) is 40.1 Å². The van der Waals surface area contributed by atoms with Gasteiger partial charge in [0.05, 0.1) is 34.0 Å². The fourth-order valence-corrected chi connectivity index (χ4v) is 2.60. The van der Waals surface area contributed by atoms with Crippen molar-refractivity contribution in [2.45, 2.75) is 19.8 Å². The molecule has 0 aromatic heterocycles. The van der Waals surface area contributed by atoms with Crippen molar-refractivity contribution in [3.63, 3.8) is 0 Å². The zero-order valence-corrected chi connectivity index (χ0v) is 14.6. The van der Waals surface area contributed by atoms with Crippen LogP contribution in [0.15, 0.2) is 36.4 Å². The van der Waals surface area contributed by atoms with E-state index in [1.165, 1.54) is 0 Å². The van der Waals surface area contributed by atoms with E-state index in [2.05, 4.69) is 5.32 Å². The highest BCUT2D eigenvalue weighted by molar-refractivity contribution is 6.42. The number of nitrogens with zero attached hydrogens (tertiary/aromatic N) is 1. The third-order valence-electron chi connectivity index (χ3n) is 3.34. The summed E-state index contributed by atoms with van der Waals surface area (Å²) in [6, 6.07) is 12.3. The van der Waals surface area contributed by atoms with Gasteiger partial charge in [0.1, 0.15) is 5.75 Å². The number of carbonyl (C=O) groups is 1. The van der Waals surface area contributed by atoms with Gasteiger partial charge < -0.3 is 10.1 Å². The average Bonchev–Trinajstić information content (AvgIpc) is 2.58. The summed E-state index contributed by atoms with van der Waals surface area (Å²) in [7, 11) is 0. The summed E-state index contributed by atoms with van der Waals surface area (Å²) in [5.74, 6) is 0.340. The molecule has 4 nitrogen and oxygen atoms in total. The third-order valence-corrected chi connectivity index (χ3v) is 4.19. The zero-order valence-electron chi connectivity index (χ0n) is 13.1. The van der Waals surface area contributed by atoms with Gasteiger partial charge in [0.2, 0.25) is 5.91 Å². The molecule has 0 aliphatic carbocycles. The number of amides is 1. The van der Waals surface area contributed by atoms with Crippen LogP contribution in [0, 0.1) is 11.3 Å². The standard InChI is InChI=1S/C18H16Cl2N2O2/c1-2-24-16-8-6-12(11-21)10-15(16)22-17(23)9-7-13-4-3-5-14(19)18(13)20/h3-6,8,10H,2,7,9H2,1H3,(H,22,23). The van der Waals surface area contributed by atoms with E-state index in [1.807, 2.05) is 19.1 Å². The number of rotatable bonds is 6. The lowest BCUT2D eigenvalue weighted by Crippen LogP contribution is -2.13. The van der Waals surface area contributed by atoms with Crippen LogP contribution in [0.25, 0.3) is 0 Å². The molecular formula is C18H16Cl2N2O2. The predicted molar refractivity (Wildman–Crippen MR) is 95.7 cm³/mol. The minimum absolute atomic E-state index is 0.193. The molecule has 0 spiro atoms. The van der Waals surface area contributed by atoms with Gasteiger partial charge in [-0.2, -0.15) is 5.26 Å². The SMILES string of the molecule is CCOc1ccc(C#N)cc1NC(=O)CCc1cccc(Cl)c1Cl. The Bertz CT molecular complexity index is 785. The van der Waals surface area contributed by atoms with Crippen molar-refractivity contribution in [1.29, 1.82) is 5.26 Å². The number of ether oxygens (including phenoxy) is 1. The lowest BCUT2D eigenvalue weighted by Gasteiger charge is -2.12. The minimum atomic E-state index is -0.193. The number of nitriles is 1. The van der Waals surface area contributed by atoms with Crippen LogP contribution in [-0.2, 0) is 11.2 Å². The van der Waals surface area contributed by atoms with Gasteiger partial charge in [-0.3, -0.25) is 4.79 Å². The topological polar surface area (TPSA) is 62.1 Å². The molecule has 1 N–H and O–H groups in total. The summed E-state index contributed by atoms with van der Waals surface area (Å²) in [5, 5.41) is 12.7. The lowest BCUT2D eigenvalue weighted by atomic mass is 10.1. The average molecular weight is 363 g/mol. The molecule has 0 saturated heterocycles. The first-order chi connectivity index (χ1) is 11.5. The maximum Gasteiger partial charge on any atom is 0.224 e. The van der Waals surface area contributed by atoms with Gasteiger partial charge >= 0.3 is 0 Å². The highest BCUT2D eigenvalue weighted by Gasteiger charge is 2.11. The van der Waals surface area contributed by atoms with E-state index in [9.17, 15) is 4.79 Å². The monoisotopic (exact) mass is 362 g/mol. The third kappa shape index (κ3) is 4.64. The van der Waals surface area contributed by atoms with Crippen molar-refractivity contribution in [3.05, 3.63) is 57.6 Å². The van der Waals surface area contributed by atoms with Gasteiger partial charge in [-0.1, -0.05) is 35.3 Å². The van der Waals surface area contributed by atoms with Gasteiger partial charge in [0.25, 0.3) is 0 Å². The molecule has 1 amide bonds. The second-order valence-corrected chi connectivity index (χ2v) is 5.80. The smallest absolute Gasteiger partial charge is 0.224 e. The zero-order chi connectivity index (χ0) is 17.5. The summed E-state index contributed by atoms with van der Waals surface area (Å²) in [5.41, 5.74) is 1.75. The summed E-state index contributed by atoms with van der Waals surface area (Å²) in [6.07, 6.45) is 0.704. The van der Waals surface area contributed by atoms with E-state index in [-0.39, 0.29) is 12.3 Å². The van der Waals surface area contributed by atoms with Crippen LogP contribution < -0.4 is 10.1 Å². The van der Waals surface area contributed by atoms with E-state index in [0.717, 1.165) is 5.56 Å². The summed E-state index contributed by atoms with van der Waals surface area (Å²) >= 11 is 12.1. The Morgan fingerprint density at radius 1 is 1.29 bits per heavy atom. The molecule has 2 aromatic rings. The molecule has 0 unspecified atom stereocenters. The molecule has 0 heterocycles. The molecule has 2 rings (SSSR count). The quantitative estimate of drug-likeness (QED) is 0.799. The Hall–Kier alpha value is -2.22. The number of hydrogen-bond acceptors (Lipinski definition) is 3. The van der Waals surface area contributed by atoms with Gasteiger partial charge in [0.15, 0.2) is 0 Å². The first-order valence-electron chi connectivity index (χ1n) is 7.44. The predicted octanol–water partition coefficient (Wildman–Crippen LogP) is 4.84.